The van der Waals surface area contributed by atoms with Crippen LogP contribution in [0.4, 0.5) is 0 Å². The molecule has 1 aliphatic heterocycles. The van der Waals surface area contributed by atoms with E-state index in [1.807, 2.05) is 29.2 Å². The molecule has 5 nitrogen and oxygen atoms in total. The smallest absolute Gasteiger partial charge is 0.253 e. The molecule has 0 saturated carbocycles. The lowest BCUT2D eigenvalue weighted by Gasteiger charge is -2.26. The van der Waals surface area contributed by atoms with Gasteiger partial charge in [-0.25, -0.2) is 4.99 Å². The van der Waals surface area contributed by atoms with Gasteiger partial charge in [0.2, 0.25) is 0 Å². The predicted octanol–water partition coefficient (Wildman–Crippen LogP) is 4.13. The van der Waals surface area contributed by atoms with Crippen LogP contribution in [0, 0.1) is 0 Å². The summed E-state index contributed by atoms with van der Waals surface area (Å²) in [4.78, 5) is 21.4. The van der Waals surface area contributed by atoms with E-state index in [1.165, 1.54) is 12.8 Å². The zero-order valence-electron chi connectivity index (χ0n) is 17.0. The highest BCUT2D eigenvalue weighted by atomic mass is 127. The number of benzene rings is 1. The summed E-state index contributed by atoms with van der Waals surface area (Å²) in [6, 6.07) is 7.93. The maximum Gasteiger partial charge on any atom is 0.253 e. The van der Waals surface area contributed by atoms with Crippen molar-refractivity contribution in [2.45, 2.75) is 52.5 Å². The average Bonchev–Trinajstić information content (AvgIpc) is 2.69. The second-order valence-corrected chi connectivity index (χ2v) is 7.00. The van der Waals surface area contributed by atoms with Crippen LogP contribution in [-0.4, -0.2) is 54.9 Å². The van der Waals surface area contributed by atoms with Gasteiger partial charge >= 0.3 is 0 Å². The number of unbranched alkanes of at least 4 members (excludes halogenated alkanes) is 1. The number of carbonyl (C=O) groups is 1. The highest BCUT2D eigenvalue weighted by Crippen LogP contribution is 2.14. The van der Waals surface area contributed by atoms with Gasteiger partial charge in [-0.15, -0.1) is 24.0 Å². The van der Waals surface area contributed by atoms with Crippen LogP contribution >= 0.6 is 24.0 Å². The lowest BCUT2D eigenvalue weighted by atomic mass is 10.1. The van der Waals surface area contributed by atoms with Crippen molar-refractivity contribution >= 4 is 35.8 Å². The summed E-state index contributed by atoms with van der Waals surface area (Å²) in [6.07, 6.45) is 5.82. The van der Waals surface area contributed by atoms with Gasteiger partial charge in [0.15, 0.2) is 5.96 Å². The molecule has 2 rings (SSSR count). The van der Waals surface area contributed by atoms with E-state index in [1.54, 1.807) is 0 Å². The molecule has 1 heterocycles. The molecule has 0 unspecified atom stereocenters. The summed E-state index contributed by atoms with van der Waals surface area (Å²) >= 11 is 0. The number of guanidine groups is 1. The number of hydrogen-bond donors (Lipinski definition) is 1. The summed E-state index contributed by atoms with van der Waals surface area (Å²) in [6.45, 7) is 8.55. The van der Waals surface area contributed by atoms with E-state index in [0.717, 1.165) is 62.5 Å². The number of rotatable bonds is 7. The molecular weight excluding hydrogens is 451 g/mol. The van der Waals surface area contributed by atoms with Crippen molar-refractivity contribution < 1.29 is 4.79 Å². The maximum atomic E-state index is 12.5. The van der Waals surface area contributed by atoms with Gasteiger partial charge in [0.05, 0.1) is 6.54 Å². The molecule has 27 heavy (non-hydrogen) atoms. The van der Waals surface area contributed by atoms with Gasteiger partial charge in [0, 0.05) is 38.8 Å². The Morgan fingerprint density at radius 3 is 2.41 bits per heavy atom. The highest BCUT2D eigenvalue weighted by Gasteiger charge is 2.17. The number of nitrogens with zero attached hydrogens (tertiary/aromatic N) is 3. The Morgan fingerprint density at radius 2 is 1.81 bits per heavy atom. The lowest BCUT2D eigenvalue weighted by molar-refractivity contribution is 0.0724. The maximum absolute atomic E-state index is 12.5. The van der Waals surface area contributed by atoms with Crippen molar-refractivity contribution in [3.63, 3.8) is 0 Å². The van der Waals surface area contributed by atoms with Crippen LogP contribution in [-0.2, 0) is 6.54 Å². The van der Waals surface area contributed by atoms with E-state index in [2.05, 4.69) is 31.1 Å². The van der Waals surface area contributed by atoms with Crippen molar-refractivity contribution in [1.29, 1.82) is 0 Å². The highest BCUT2D eigenvalue weighted by molar-refractivity contribution is 14.0. The second-order valence-electron chi connectivity index (χ2n) is 7.00. The summed E-state index contributed by atoms with van der Waals surface area (Å²) in [7, 11) is 2.08. The number of hydrogen-bond acceptors (Lipinski definition) is 2. The van der Waals surface area contributed by atoms with E-state index >= 15 is 0 Å². The SMILES string of the molecule is CCCCN(C)C(=NCc1ccc(C(=O)N2CCCCC2)cc1)NCC.I. The number of likely N-dealkylation sites (tertiary alicyclic amines) is 1. The molecule has 1 aromatic carbocycles. The Bertz CT molecular complexity index is 582. The molecule has 1 saturated heterocycles. The third kappa shape index (κ3) is 7.68. The normalized spacial score (nSPS) is 14.5. The fourth-order valence-corrected chi connectivity index (χ4v) is 3.17. The van der Waals surface area contributed by atoms with E-state index in [-0.39, 0.29) is 29.9 Å². The van der Waals surface area contributed by atoms with Crippen LogP contribution in [0.3, 0.4) is 0 Å². The van der Waals surface area contributed by atoms with Crippen LogP contribution in [0.1, 0.15) is 61.9 Å². The molecule has 0 bridgehead atoms. The van der Waals surface area contributed by atoms with Gasteiger partial charge in [-0.3, -0.25) is 4.79 Å². The minimum atomic E-state index is 0. The summed E-state index contributed by atoms with van der Waals surface area (Å²) in [5.74, 6) is 1.10. The standard InChI is InChI=1S/C21H34N4O.HI/c1-4-6-14-24(3)21(22-5-2)23-17-18-10-12-19(13-11-18)20(26)25-15-8-7-9-16-25;/h10-13H,4-9,14-17H2,1-3H3,(H,22,23);1H. The molecule has 1 fully saturated rings. The molecule has 1 aromatic rings. The molecule has 1 aliphatic rings. The molecule has 0 aliphatic carbocycles. The first-order valence-corrected chi connectivity index (χ1v) is 10.0. The minimum absolute atomic E-state index is 0. The number of nitrogens with one attached hydrogen (secondary N) is 1. The Kier molecular flexibility index (Phi) is 11.4. The molecule has 0 spiro atoms. The summed E-state index contributed by atoms with van der Waals surface area (Å²) in [5, 5.41) is 3.35. The second kappa shape index (κ2) is 13.0. The van der Waals surface area contributed by atoms with Crippen LogP contribution in [0.5, 0.6) is 0 Å². The largest absolute Gasteiger partial charge is 0.357 e. The third-order valence-corrected chi connectivity index (χ3v) is 4.80. The first-order valence-electron chi connectivity index (χ1n) is 10.0. The average molecular weight is 486 g/mol. The van der Waals surface area contributed by atoms with Gasteiger partial charge < -0.3 is 15.1 Å². The number of piperidine rings is 1. The summed E-state index contributed by atoms with van der Waals surface area (Å²) < 4.78 is 0. The molecule has 6 heteroatoms. The monoisotopic (exact) mass is 486 g/mol. The Hall–Kier alpha value is -1.31. The van der Waals surface area contributed by atoms with Crippen LogP contribution in [0.15, 0.2) is 29.3 Å². The Balaban J connectivity index is 0.00000364. The molecule has 0 atom stereocenters. The fraction of sp³-hybridized carbons (Fsp3) is 0.619. The summed E-state index contributed by atoms with van der Waals surface area (Å²) in [5.41, 5.74) is 1.91. The zero-order chi connectivity index (χ0) is 18.8. The van der Waals surface area contributed by atoms with E-state index in [0.29, 0.717) is 6.54 Å². The van der Waals surface area contributed by atoms with Crippen LogP contribution < -0.4 is 5.32 Å². The Morgan fingerprint density at radius 1 is 1.15 bits per heavy atom. The van der Waals surface area contributed by atoms with E-state index in [9.17, 15) is 4.79 Å². The molecule has 1 N–H and O–H groups in total. The number of halogens is 1. The van der Waals surface area contributed by atoms with Crippen molar-refractivity contribution in [1.82, 2.24) is 15.1 Å². The Labute approximate surface area is 181 Å². The number of amides is 1. The van der Waals surface area contributed by atoms with Gasteiger partial charge in [-0.1, -0.05) is 25.5 Å². The first kappa shape index (κ1) is 23.7. The van der Waals surface area contributed by atoms with Crippen molar-refractivity contribution in [2.75, 3.05) is 33.2 Å². The molecule has 152 valence electrons. The first-order chi connectivity index (χ1) is 12.7. The number of carbonyl (C=O) groups excluding carboxylic acids is 1. The van der Waals surface area contributed by atoms with E-state index < -0.39 is 0 Å². The molecule has 0 radical (unpaired) electrons. The quantitative estimate of drug-likeness (QED) is 0.358. The zero-order valence-corrected chi connectivity index (χ0v) is 19.4. The molecule has 0 aromatic heterocycles. The minimum Gasteiger partial charge on any atom is -0.357 e. The van der Waals surface area contributed by atoms with Gasteiger partial charge in [-0.05, 0) is 50.3 Å². The van der Waals surface area contributed by atoms with Gasteiger partial charge in [0.1, 0.15) is 0 Å². The van der Waals surface area contributed by atoms with Crippen molar-refractivity contribution in [3.8, 4) is 0 Å². The van der Waals surface area contributed by atoms with E-state index in [4.69, 9.17) is 4.99 Å². The fourth-order valence-electron chi connectivity index (χ4n) is 3.17. The lowest BCUT2D eigenvalue weighted by Crippen LogP contribution is -2.39. The molecular formula is C21H35IN4O. The van der Waals surface area contributed by atoms with Crippen molar-refractivity contribution in [2.24, 2.45) is 4.99 Å². The topological polar surface area (TPSA) is 47.9 Å². The van der Waals surface area contributed by atoms with Crippen LogP contribution in [0.25, 0.3) is 0 Å². The third-order valence-electron chi connectivity index (χ3n) is 4.80. The number of aliphatic imine (C=N–C) groups is 1. The predicted molar refractivity (Wildman–Crippen MR) is 124 cm³/mol. The van der Waals surface area contributed by atoms with Crippen LogP contribution in [0.2, 0.25) is 0 Å². The van der Waals surface area contributed by atoms with Gasteiger partial charge in [-0.2, -0.15) is 0 Å². The molecule has 1 amide bonds. The van der Waals surface area contributed by atoms with Gasteiger partial charge in [0.25, 0.3) is 5.91 Å². The van der Waals surface area contributed by atoms with Crippen molar-refractivity contribution in [3.05, 3.63) is 35.4 Å².